The maximum Gasteiger partial charge on any atom is 0.0809 e. The Bertz CT molecular complexity index is 323. The molecule has 2 atom stereocenters. The quantitative estimate of drug-likeness (QED) is 0.705. The Morgan fingerprint density at radius 1 is 1.58 bits per heavy atom. The average molecular weight is 283 g/mol. The first-order valence-corrected chi connectivity index (χ1v) is 8.24. The Morgan fingerprint density at radius 2 is 2.53 bits per heavy atom. The van der Waals surface area contributed by atoms with E-state index < -0.39 is 0 Å². The second-order valence-electron chi connectivity index (χ2n) is 4.99. The molecule has 0 saturated carbocycles. The molecule has 1 fully saturated rings. The zero-order valence-corrected chi connectivity index (χ0v) is 12.6. The van der Waals surface area contributed by atoms with Crippen LogP contribution in [-0.2, 0) is 9.47 Å². The van der Waals surface area contributed by atoms with Crippen molar-refractivity contribution in [2.75, 3.05) is 26.4 Å². The molecule has 0 aliphatic carbocycles. The molecule has 2 rings (SSSR count). The van der Waals surface area contributed by atoms with Crippen molar-refractivity contribution in [3.05, 3.63) is 22.4 Å². The minimum absolute atomic E-state index is 0.350. The number of hydrogen-bond donors (Lipinski definition) is 1. The monoisotopic (exact) mass is 283 g/mol. The van der Waals surface area contributed by atoms with E-state index in [1.807, 2.05) is 11.3 Å². The van der Waals surface area contributed by atoms with Crippen molar-refractivity contribution in [1.82, 2.24) is 5.32 Å². The summed E-state index contributed by atoms with van der Waals surface area (Å²) in [5.74, 6) is 0. The Kier molecular flexibility index (Phi) is 6.85. The summed E-state index contributed by atoms with van der Waals surface area (Å²) in [5.41, 5.74) is 0. The highest BCUT2D eigenvalue weighted by Gasteiger charge is 2.15. The topological polar surface area (TPSA) is 30.5 Å². The summed E-state index contributed by atoms with van der Waals surface area (Å²) in [5, 5.41) is 5.74. The van der Waals surface area contributed by atoms with E-state index in [9.17, 15) is 0 Å². The minimum atomic E-state index is 0.350. The fourth-order valence-electron chi connectivity index (χ4n) is 2.38. The second kappa shape index (κ2) is 8.69. The van der Waals surface area contributed by atoms with Crippen molar-refractivity contribution >= 4 is 11.3 Å². The van der Waals surface area contributed by atoms with Crippen molar-refractivity contribution in [2.45, 2.75) is 44.8 Å². The van der Waals surface area contributed by atoms with E-state index in [4.69, 9.17) is 9.47 Å². The third kappa shape index (κ3) is 5.22. The lowest BCUT2D eigenvalue weighted by molar-refractivity contribution is 0.0165. The van der Waals surface area contributed by atoms with Gasteiger partial charge in [-0.1, -0.05) is 13.0 Å². The van der Waals surface area contributed by atoms with Crippen LogP contribution < -0.4 is 5.32 Å². The highest BCUT2D eigenvalue weighted by molar-refractivity contribution is 7.10. The first kappa shape index (κ1) is 15.0. The molecule has 1 aliphatic rings. The van der Waals surface area contributed by atoms with Gasteiger partial charge in [-0.05, 0) is 43.7 Å². The largest absolute Gasteiger partial charge is 0.379 e. The van der Waals surface area contributed by atoms with Gasteiger partial charge < -0.3 is 14.8 Å². The van der Waals surface area contributed by atoms with E-state index in [-0.39, 0.29) is 0 Å². The van der Waals surface area contributed by atoms with Crippen LogP contribution in [0.3, 0.4) is 0 Å². The number of nitrogens with one attached hydrogen (secondary N) is 1. The number of rotatable bonds is 9. The van der Waals surface area contributed by atoms with Crippen LogP contribution in [0, 0.1) is 0 Å². The summed E-state index contributed by atoms with van der Waals surface area (Å²) in [6, 6.07) is 4.83. The van der Waals surface area contributed by atoms with Gasteiger partial charge in [0.2, 0.25) is 0 Å². The second-order valence-corrected chi connectivity index (χ2v) is 5.97. The minimum Gasteiger partial charge on any atom is -0.379 e. The molecule has 108 valence electrons. The molecule has 1 aromatic heterocycles. The molecule has 2 unspecified atom stereocenters. The molecule has 4 heteroatoms. The summed E-state index contributed by atoms with van der Waals surface area (Å²) in [6.07, 6.45) is 4.90. The number of ether oxygens (including phenoxy) is 2. The maximum absolute atomic E-state index is 5.66. The molecule has 0 amide bonds. The molecular weight excluding hydrogens is 258 g/mol. The molecule has 1 aliphatic heterocycles. The van der Waals surface area contributed by atoms with Gasteiger partial charge >= 0.3 is 0 Å². The van der Waals surface area contributed by atoms with E-state index in [1.54, 1.807) is 0 Å². The van der Waals surface area contributed by atoms with Gasteiger partial charge in [0.15, 0.2) is 0 Å². The molecule has 19 heavy (non-hydrogen) atoms. The third-order valence-electron chi connectivity index (χ3n) is 3.48. The maximum atomic E-state index is 5.66. The Labute approximate surface area is 120 Å². The Hall–Kier alpha value is -0.420. The molecular formula is C15H25NO2S. The smallest absolute Gasteiger partial charge is 0.0809 e. The fraction of sp³-hybridized carbons (Fsp3) is 0.733. The van der Waals surface area contributed by atoms with Crippen molar-refractivity contribution in [1.29, 1.82) is 0 Å². The lowest BCUT2D eigenvalue weighted by Gasteiger charge is -2.15. The summed E-state index contributed by atoms with van der Waals surface area (Å²) < 4.78 is 11.2. The van der Waals surface area contributed by atoms with Crippen LogP contribution >= 0.6 is 11.3 Å². The molecule has 3 nitrogen and oxygen atoms in total. The van der Waals surface area contributed by atoms with Crippen LogP contribution in [0.25, 0.3) is 0 Å². The molecule has 2 heterocycles. The van der Waals surface area contributed by atoms with Gasteiger partial charge in [0.25, 0.3) is 0 Å². The van der Waals surface area contributed by atoms with Gasteiger partial charge in [-0.3, -0.25) is 0 Å². The van der Waals surface area contributed by atoms with Crippen LogP contribution in [0.15, 0.2) is 17.5 Å². The SMILES string of the molecule is CCC(NCCCOCC1CCCO1)c1cccs1. The van der Waals surface area contributed by atoms with Gasteiger partial charge in [0, 0.05) is 24.1 Å². The average Bonchev–Trinajstić information content (AvgIpc) is 3.11. The third-order valence-corrected chi connectivity index (χ3v) is 4.46. The summed E-state index contributed by atoms with van der Waals surface area (Å²) >= 11 is 1.83. The van der Waals surface area contributed by atoms with Crippen molar-refractivity contribution < 1.29 is 9.47 Å². The zero-order chi connectivity index (χ0) is 13.3. The van der Waals surface area contributed by atoms with E-state index in [2.05, 4.69) is 29.8 Å². The lowest BCUT2D eigenvalue weighted by Crippen LogP contribution is -2.23. The molecule has 0 bridgehead atoms. The molecule has 1 aromatic rings. The number of hydrogen-bond acceptors (Lipinski definition) is 4. The summed E-state index contributed by atoms with van der Waals surface area (Å²) in [6.45, 7) is 5.75. The predicted molar refractivity (Wildman–Crippen MR) is 79.8 cm³/mol. The first-order chi connectivity index (χ1) is 9.40. The van der Waals surface area contributed by atoms with E-state index >= 15 is 0 Å². The fourth-order valence-corrected chi connectivity index (χ4v) is 3.26. The van der Waals surface area contributed by atoms with Gasteiger partial charge in [0.1, 0.15) is 0 Å². The zero-order valence-electron chi connectivity index (χ0n) is 11.8. The van der Waals surface area contributed by atoms with Crippen LogP contribution in [-0.4, -0.2) is 32.5 Å². The van der Waals surface area contributed by atoms with Crippen molar-refractivity contribution in [3.63, 3.8) is 0 Å². The summed E-state index contributed by atoms with van der Waals surface area (Å²) in [7, 11) is 0. The molecule has 1 saturated heterocycles. The van der Waals surface area contributed by atoms with Crippen LogP contribution in [0.2, 0.25) is 0 Å². The predicted octanol–water partition coefficient (Wildman–Crippen LogP) is 3.37. The van der Waals surface area contributed by atoms with Crippen LogP contribution in [0.1, 0.15) is 43.5 Å². The molecule has 0 spiro atoms. The van der Waals surface area contributed by atoms with Gasteiger partial charge in [-0.15, -0.1) is 11.3 Å². The lowest BCUT2D eigenvalue weighted by atomic mass is 10.2. The molecule has 1 N–H and O–H groups in total. The molecule has 0 aromatic carbocycles. The first-order valence-electron chi connectivity index (χ1n) is 7.36. The normalized spacial score (nSPS) is 20.8. The number of thiophene rings is 1. The standard InChI is InChI=1S/C15H25NO2S/c1-2-14(15-7-4-11-19-15)16-8-5-9-17-12-13-6-3-10-18-13/h4,7,11,13-14,16H,2-3,5-6,8-10,12H2,1H3. The van der Waals surface area contributed by atoms with Crippen LogP contribution in [0.4, 0.5) is 0 Å². The van der Waals surface area contributed by atoms with Gasteiger partial charge in [-0.2, -0.15) is 0 Å². The highest BCUT2D eigenvalue weighted by Crippen LogP contribution is 2.21. The molecule has 0 radical (unpaired) electrons. The summed E-state index contributed by atoms with van der Waals surface area (Å²) in [4.78, 5) is 1.43. The Balaban J connectivity index is 1.51. The van der Waals surface area contributed by atoms with Gasteiger partial charge in [0.05, 0.1) is 12.7 Å². The van der Waals surface area contributed by atoms with E-state index in [1.165, 1.54) is 11.3 Å². The van der Waals surface area contributed by atoms with E-state index in [0.717, 1.165) is 45.6 Å². The van der Waals surface area contributed by atoms with Crippen molar-refractivity contribution in [3.8, 4) is 0 Å². The highest BCUT2D eigenvalue weighted by atomic mass is 32.1. The van der Waals surface area contributed by atoms with Crippen LogP contribution in [0.5, 0.6) is 0 Å². The van der Waals surface area contributed by atoms with Crippen molar-refractivity contribution in [2.24, 2.45) is 0 Å². The van der Waals surface area contributed by atoms with Gasteiger partial charge in [-0.25, -0.2) is 0 Å². The van der Waals surface area contributed by atoms with E-state index in [0.29, 0.717) is 12.1 Å². The Morgan fingerprint density at radius 3 is 3.21 bits per heavy atom.